The molecule has 4 heteroatoms. The second kappa shape index (κ2) is 4.45. The van der Waals surface area contributed by atoms with Gasteiger partial charge in [0, 0.05) is 24.8 Å². The Balaban J connectivity index is 2.22. The van der Waals surface area contributed by atoms with Crippen molar-refractivity contribution in [3.63, 3.8) is 0 Å². The fourth-order valence-corrected chi connectivity index (χ4v) is 2.02. The lowest BCUT2D eigenvalue weighted by molar-refractivity contribution is -0.0279. The monoisotopic (exact) mass is 234 g/mol. The predicted molar refractivity (Wildman–Crippen MR) is 66.5 cm³/mol. The minimum Gasteiger partial charge on any atom is -0.372 e. The number of ketones is 1. The van der Waals surface area contributed by atoms with Gasteiger partial charge in [-0.15, -0.1) is 0 Å². The number of pyridine rings is 1. The smallest absolute Gasteiger partial charge is 0.159 e. The van der Waals surface area contributed by atoms with Gasteiger partial charge in [0.05, 0.1) is 12.2 Å². The molecule has 0 saturated carbocycles. The Morgan fingerprint density at radius 3 is 2.94 bits per heavy atom. The van der Waals surface area contributed by atoms with Crippen LogP contribution < -0.4 is 4.90 Å². The molecule has 1 aromatic heterocycles. The molecule has 0 spiro atoms. The summed E-state index contributed by atoms with van der Waals surface area (Å²) in [7, 11) is 0. The maximum Gasteiger partial charge on any atom is 0.159 e. The summed E-state index contributed by atoms with van der Waals surface area (Å²) < 4.78 is 5.66. The largest absolute Gasteiger partial charge is 0.372 e. The summed E-state index contributed by atoms with van der Waals surface area (Å²) in [6, 6.07) is 3.60. The molecule has 0 atom stereocenters. The van der Waals surface area contributed by atoms with Gasteiger partial charge >= 0.3 is 0 Å². The van der Waals surface area contributed by atoms with Gasteiger partial charge in [0.1, 0.15) is 5.82 Å². The fourth-order valence-electron chi connectivity index (χ4n) is 2.02. The fraction of sp³-hybridized carbons (Fsp3) is 0.538. The lowest BCUT2D eigenvalue weighted by Gasteiger charge is -2.38. The molecule has 0 amide bonds. The zero-order valence-corrected chi connectivity index (χ0v) is 10.6. The van der Waals surface area contributed by atoms with E-state index in [1.807, 2.05) is 6.07 Å². The topological polar surface area (TPSA) is 42.4 Å². The molecule has 17 heavy (non-hydrogen) atoms. The quantitative estimate of drug-likeness (QED) is 0.733. The molecule has 4 nitrogen and oxygen atoms in total. The first kappa shape index (κ1) is 12.0. The van der Waals surface area contributed by atoms with Crippen LogP contribution in [0.3, 0.4) is 0 Å². The molecule has 2 heterocycles. The molecule has 1 aromatic rings. The summed E-state index contributed by atoms with van der Waals surface area (Å²) >= 11 is 0. The molecular weight excluding hydrogens is 216 g/mol. The predicted octanol–water partition coefficient (Wildman–Crippen LogP) is 1.90. The Bertz CT molecular complexity index is 429. The van der Waals surface area contributed by atoms with Crippen molar-refractivity contribution < 1.29 is 9.53 Å². The van der Waals surface area contributed by atoms with Crippen molar-refractivity contribution in [3.05, 3.63) is 23.9 Å². The summed E-state index contributed by atoms with van der Waals surface area (Å²) in [6.07, 6.45) is 1.69. The first-order valence-corrected chi connectivity index (χ1v) is 5.84. The number of hydrogen-bond acceptors (Lipinski definition) is 4. The molecule has 1 aliphatic rings. The van der Waals surface area contributed by atoms with E-state index in [-0.39, 0.29) is 11.4 Å². The van der Waals surface area contributed by atoms with Crippen LogP contribution in [0.4, 0.5) is 5.82 Å². The molecule has 1 aliphatic heterocycles. The first-order valence-electron chi connectivity index (χ1n) is 5.84. The average Bonchev–Trinajstić information content (AvgIpc) is 2.28. The maximum atomic E-state index is 11.3. The van der Waals surface area contributed by atoms with E-state index in [0.717, 1.165) is 18.9 Å². The van der Waals surface area contributed by atoms with Gasteiger partial charge < -0.3 is 9.64 Å². The molecule has 1 saturated heterocycles. The minimum absolute atomic E-state index is 0.0705. The van der Waals surface area contributed by atoms with Crippen molar-refractivity contribution in [2.75, 3.05) is 24.6 Å². The molecule has 1 fully saturated rings. The highest BCUT2D eigenvalue weighted by Gasteiger charge is 2.27. The Hall–Kier alpha value is -1.42. The van der Waals surface area contributed by atoms with E-state index in [9.17, 15) is 4.79 Å². The van der Waals surface area contributed by atoms with Gasteiger partial charge in [-0.25, -0.2) is 4.98 Å². The summed E-state index contributed by atoms with van der Waals surface area (Å²) in [5, 5.41) is 0. The van der Waals surface area contributed by atoms with E-state index in [4.69, 9.17) is 4.74 Å². The number of aromatic nitrogens is 1. The molecule has 0 N–H and O–H groups in total. The first-order chi connectivity index (χ1) is 7.98. The van der Waals surface area contributed by atoms with Gasteiger partial charge in [0.15, 0.2) is 5.78 Å². The molecule has 0 aromatic carbocycles. The van der Waals surface area contributed by atoms with Crippen molar-refractivity contribution in [3.8, 4) is 0 Å². The van der Waals surface area contributed by atoms with Crippen LogP contribution >= 0.6 is 0 Å². The lowest BCUT2D eigenvalue weighted by Crippen LogP contribution is -2.48. The summed E-state index contributed by atoms with van der Waals surface area (Å²) in [6.45, 7) is 8.00. The highest BCUT2D eigenvalue weighted by Crippen LogP contribution is 2.22. The minimum atomic E-state index is -0.161. The summed E-state index contributed by atoms with van der Waals surface area (Å²) in [4.78, 5) is 17.8. The number of hydrogen-bond donors (Lipinski definition) is 0. The Labute approximate surface area is 102 Å². The Morgan fingerprint density at radius 1 is 1.53 bits per heavy atom. The normalized spacial score (nSPS) is 19.1. The molecule has 92 valence electrons. The van der Waals surface area contributed by atoms with Gasteiger partial charge in [-0.1, -0.05) is 0 Å². The van der Waals surface area contributed by atoms with Crippen LogP contribution in [0.2, 0.25) is 0 Å². The Kier molecular flexibility index (Phi) is 3.15. The highest BCUT2D eigenvalue weighted by molar-refractivity contribution is 5.94. The number of anilines is 1. The number of Topliss-reactive ketones (excluding diaryl/α,β-unsaturated/α-hetero) is 1. The van der Waals surface area contributed by atoms with E-state index in [1.54, 1.807) is 19.2 Å². The number of rotatable bonds is 2. The summed E-state index contributed by atoms with van der Waals surface area (Å²) in [5.41, 5.74) is 0.547. The SMILES string of the molecule is CC(=O)c1ccnc(N2CCOC(C)(C)C2)c1. The third-order valence-corrected chi connectivity index (χ3v) is 2.90. The van der Waals surface area contributed by atoms with E-state index >= 15 is 0 Å². The van der Waals surface area contributed by atoms with Crippen LogP contribution in [0.1, 0.15) is 31.1 Å². The Morgan fingerprint density at radius 2 is 2.29 bits per heavy atom. The van der Waals surface area contributed by atoms with E-state index in [2.05, 4.69) is 23.7 Å². The van der Waals surface area contributed by atoms with E-state index in [0.29, 0.717) is 12.2 Å². The number of morpholine rings is 1. The molecule has 0 radical (unpaired) electrons. The van der Waals surface area contributed by atoms with Crippen molar-refractivity contribution in [2.24, 2.45) is 0 Å². The molecule has 0 unspecified atom stereocenters. The second-order valence-corrected chi connectivity index (χ2v) is 4.99. The van der Waals surface area contributed by atoms with Crippen LogP contribution in [-0.4, -0.2) is 36.1 Å². The molecule has 0 bridgehead atoms. The lowest BCUT2D eigenvalue weighted by atomic mass is 10.1. The number of carbonyl (C=O) groups excluding carboxylic acids is 1. The van der Waals surface area contributed by atoms with Crippen molar-refractivity contribution in [2.45, 2.75) is 26.4 Å². The van der Waals surface area contributed by atoms with Gasteiger partial charge in [-0.3, -0.25) is 4.79 Å². The van der Waals surface area contributed by atoms with Gasteiger partial charge in [0.2, 0.25) is 0 Å². The van der Waals surface area contributed by atoms with Crippen LogP contribution in [0.25, 0.3) is 0 Å². The third kappa shape index (κ3) is 2.82. The van der Waals surface area contributed by atoms with Crippen molar-refractivity contribution >= 4 is 11.6 Å². The number of carbonyl (C=O) groups is 1. The highest BCUT2D eigenvalue weighted by atomic mass is 16.5. The van der Waals surface area contributed by atoms with Gasteiger partial charge in [-0.2, -0.15) is 0 Å². The van der Waals surface area contributed by atoms with Crippen LogP contribution in [-0.2, 0) is 4.74 Å². The third-order valence-electron chi connectivity index (χ3n) is 2.90. The maximum absolute atomic E-state index is 11.3. The zero-order chi connectivity index (χ0) is 12.5. The molecule has 0 aliphatic carbocycles. The van der Waals surface area contributed by atoms with E-state index in [1.165, 1.54) is 0 Å². The number of ether oxygens (including phenoxy) is 1. The van der Waals surface area contributed by atoms with Crippen LogP contribution in [0.5, 0.6) is 0 Å². The summed E-state index contributed by atoms with van der Waals surface area (Å²) in [5.74, 6) is 0.926. The van der Waals surface area contributed by atoms with Crippen molar-refractivity contribution in [1.82, 2.24) is 4.98 Å². The van der Waals surface area contributed by atoms with E-state index < -0.39 is 0 Å². The molecular formula is C13H18N2O2. The molecule has 2 rings (SSSR count). The van der Waals surface area contributed by atoms with Crippen molar-refractivity contribution in [1.29, 1.82) is 0 Å². The standard InChI is InChI=1S/C13H18N2O2/c1-10(16)11-4-5-14-12(8-11)15-6-7-17-13(2,3)9-15/h4-5,8H,6-7,9H2,1-3H3. The van der Waals surface area contributed by atoms with Crippen LogP contribution in [0.15, 0.2) is 18.3 Å². The number of nitrogens with zero attached hydrogens (tertiary/aromatic N) is 2. The second-order valence-electron chi connectivity index (χ2n) is 4.99. The van der Waals surface area contributed by atoms with Gasteiger partial charge in [0.25, 0.3) is 0 Å². The zero-order valence-electron chi connectivity index (χ0n) is 10.6. The van der Waals surface area contributed by atoms with Crippen LogP contribution in [0, 0.1) is 0 Å². The van der Waals surface area contributed by atoms with Gasteiger partial charge in [-0.05, 0) is 32.9 Å². The average molecular weight is 234 g/mol.